The van der Waals surface area contributed by atoms with Crippen LogP contribution in [0, 0.1) is 0 Å². The quantitative estimate of drug-likeness (QED) is 0.875. The molecule has 0 unspecified atom stereocenters. The van der Waals surface area contributed by atoms with Gasteiger partial charge in [-0.25, -0.2) is 0 Å². The summed E-state index contributed by atoms with van der Waals surface area (Å²) < 4.78 is 11.4. The van der Waals surface area contributed by atoms with Gasteiger partial charge in [0.15, 0.2) is 6.29 Å². The minimum atomic E-state index is -0.0307. The molecule has 3 rings (SSSR count). The first kappa shape index (κ1) is 16.9. The molecule has 128 valence electrons. The van der Waals surface area contributed by atoms with Crippen molar-refractivity contribution >= 4 is 0 Å². The summed E-state index contributed by atoms with van der Waals surface area (Å²) in [5.74, 6) is 0. The van der Waals surface area contributed by atoms with Gasteiger partial charge in [-0.2, -0.15) is 0 Å². The van der Waals surface area contributed by atoms with Gasteiger partial charge in [-0.15, -0.1) is 0 Å². The van der Waals surface area contributed by atoms with Crippen molar-refractivity contribution in [1.82, 2.24) is 4.90 Å². The Kier molecular flexibility index (Phi) is 6.46. The maximum absolute atomic E-state index is 9.98. The van der Waals surface area contributed by atoms with Crippen LogP contribution in [0.5, 0.6) is 0 Å². The van der Waals surface area contributed by atoms with Crippen molar-refractivity contribution in [1.29, 1.82) is 0 Å². The minimum Gasteiger partial charge on any atom is -0.394 e. The van der Waals surface area contributed by atoms with E-state index in [1.54, 1.807) is 0 Å². The first-order chi connectivity index (χ1) is 11.4. The van der Waals surface area contributed by atoms with E-state index in [9.17, 15) is 5.11 Å². The summed E-state index contributed by atoms with van der Waals surface area (Å²) in [5, 5.41) is 9.98. The second-order valence-corrected chi connectivity index (χ2v) is 6.60. The van der Waals surface area contributed by atoms with Gasteiger partial charge in [0.05, 0.1) is 25.9 Å². The van der Waals surface area contributed by atoms with E-state index in [0.29, 0.717) is 6.04 Å². The molecule has 0 saturated carbocycles. The van der Waals surface area contributed by atoms with Crippen LogP contribution in [0.3, 0.4) is 0 Å². The van der Waals surface area contributed by atoms with Crippen molar-refractivity contribution in [3.63, 3.8) is 0 Å². The van der Waals surface area contributed by atoms with Gasteiger partial charge in [0, 0.05) is 6.04 Å². The van der Waals surface area contributed by atoms with Crippen molar-refractivity contribution in [2.45, 2.75) is 56.9 Å². The fraction of sp³-hybridized carbons (Fsp3) is 0.684. The lowest BCUT2D eigenvalue weighted by Crippen LogP contribution is -2.44. The Balaban J connectivity index is 1.62. The molecular weight excluding hydrogens is 290 g/mol. The van der Waals surface area contributed by atoms with Crippen molar-refractivity contribution in [2.24, 2.45) is 0 Å². The van der Waals surface area contributed by atoms with Crippen LogP contribution in [0.1, 0.15) is 50.1 Å². The molecule has 2 aliphatic heterocycles. The lowest BCUT2D eigenvalue weighted by atomic mass is 9.93. The summed E-state index contributed by atoms with van der Waals surface area (Å²) in [6.07, 6.45) is 6.71. The van der Waals surface area contributed by atoms with E-state index in [4.69, 9.17) is 9.47 Å². The standard InChI is InChI=1S/C19H29NO3/c21-15-18(16-7-2-1-3-8-16)20-12-5-4-9-17(20)10-11-19-22-13-6-14-23-19/h1-3,7-8,17-19,21H,4-6,9-15H2/t17-,18+/m1/s1. The Morgan fingerprint density at radius 1 is 1.04 bits per heavy atom. The summed E-state index contributed by atoms with van der Waals surface area (Å²) in [6, 6.07) is 11.0. The molecule has 0 amide bonds. The molecule has 2 atom stereocenters. The third-order valence-electron chi connectivity index (χ3n) is 5.06. The summed E-state index contributed by atoms with van der Waals surface area (Å²) in [5.41, 5.74) is 1.21. The lowest BCUT2D eigenvalue weighted by molar-refractivity contribution is -0.183. The van der Waals surface area contributed by atoms with Crippen LogP contribution in [-0.4, -0.2) is 48.7 Å². The molecule has 0 radical (unpaired) electrons. The smallest absolute Gasteiger partial charge is 0.157 e. The van der Waals surface area contributed by atoms with Gasteiger partial charge in [0.1, 0.15) is 0 Å². The maximum Gasteiger partial charge on any atom is 0.157 e. The van der Waals surface area contributed by atoms with E-state index < -0.39 is 0 Å². The normalized spacial score (nSPS) is 25.3. The highest BCUT2D eigenvalue weighted by Crippen LogP contribution is 2.31. The predicted molar refractivity (Wildman–Crippen MR) is 90.2 cm³/mol. The van der Waals surface area contributed by atoms with Crippen LogP contribution in [0.25, 0.3) is 0 Å². The zero-order valence-electron chi connectivity index (χ0n) is 13.9. The molecule has 2 heterocycles. The highest BCUT2D eigenvalue weighted by molar-refractivity contribution is 5.19. The van der Waals surface area contributed by atoms with Crippen molar-refractivity contribution < 1.29 is 14.6 Å². The fourth-order valence-corrected chi connectivity index (χ4v) is 3.85. The Morgan fingerprint density at radius 3 is 2.57 bits per heavy atom. The van der Waals surface area contributed by atoms with Crippen LogP contribution in [0.2, 0.25) is 0 Å². The van der Waals surface area contributed by atoms with Crippen LogP contribution in [0.4, 0.5) is 0 Å². The van der Waals surface area contributed by atoms with Gasteiger partial charge in [0.25, 0.3) is 0 Å². The molecule has 1 N–H and O–H groups in total. The number of hydrogen-bond donors (Lipinski definition) is 1. The van der Waals surface area contributed by atoms with E-state index >= 15 is 0 Å². The molecule has 2 aliphatic rings. The SMILES string of the molecule is OC[C@@H](c1ccccc1)N1CCCC[C@@H]1CCC1OCCCO1. The number of aliphatic hydroxyl groups excluding tert-OH is 1. The third-order valence-corrected chi connectivity index (χ3v) is 5.06. The predicted octanol–water partition coefficient (Wildman–Crippen LogP) is 3.12. The van der Waals surface area contributed by atoms with Crippen LogP contribution < -0.4 is 0 Å². The van der Waals surface area contributed by atoms with E-state index in [1.807, 2.05) is 6.07 Å². The number of piperidine rings is 1. The number of rotatable bonds is 6. The Morgan fingerprint density at radius 2 is 1.83 bits per heavy atom. The summed E-state index contributed by atoms with van der Waals surface area (Å²) >= 11 is 0. The first-order valence-electron chi connectivity index (χ1n) is 9.03. The fourth-order valence-electron chi connectivity index (χ4n) is 3.85. The van der Waals surface area contributed by atoms with Gasteiger partial charge < -0.3 is 14.6 Å². The average Bonchev–Trinajstić information content (AvgIpc) is 2.63. The molecule has 1 aromatic carbocycles. The molecule has 1 aromatic rings. The largest absolute Gasteiger partial charge is 0.394 e. The molecule has 2 saturated heterocycles. The number of hydrogen-bond acceptors (Lipinski definition) is 4. The van der Waals surface area contributed by atoms with Gasteiger partial charge in [-0.05, 0) is 44.2 Å². The van der Waals surface area contributed by atoms with Crippen molar-refractivity contribution in [3.8, 4) is 0 Å². The second-order valence-electron chi connectivity index (χ2n) is 6.60. The van der Waals surface area contributed by atoms with Gasteiger partial charge in [0.2, 0.25) is 0 Å². The Labute approximate surface area is 139 Å². The summed E-state index contributed by atoms with van der Waals surface area (Å²) in [4.78, 5) is 2.50. The highest BCUT2D eigenvalue weighted by Gasteiger charge is 2.30. The number of aliphatic hydroxyl groups is 1. The third kappa shape index (κ3) is 4.54. The van der Waals surface area contributed by atoms with E-state index in [2.05, 4.69) is 29.2 Å². The van der Waals surface area contributed by atoms with Crippen LogP contribution >= 0.6 is 0 Å². The molecule has 4 nitrogen and oxygen atoms in total. The van der Waals surface area contributed by atoms with Crippen LogP contribution in [-0.2, 0) is 9.47 Å². The Hall–Kier alpha value is -0.940. The van der Waals surface area contributed by atoms with Gasteiger partial charge in [-0.3, -0.25) is 4.90 Å². The van der Waals surface area contributed by atoms with Crippen molar-refractivity contribution in [3.05, 3.63) is 35.9 Å². The Bertz CT molecular complexity index is 447. The molecule has 4 heteroatoms. The number of ether oxygens (including phenoxy) is 2. The maximum atomic E-state index is 9.98. The lowest BCUT2D eigenvalue weighted by Gasteiger charge is -2.41. The van der Waals surface area contributed by atoms with Gasteiger partial charge in [-0.1, -0.05) is 36.8 Å². The molecule has 23 heavy (non-hydrogen) atoms. The van der Waals surface area contributed by atoms with Gasteiger partial charge >= 0.3 is 0 Å². The second kappa shape index (κ2) is 8.78. The summed E-state index contributed by atoms with van der Waals surface area (Å²) in [6.45, 7) is 2.89. The number of benzene rings is 1. The van der Waals surface area contributed by atoms with Crippen molar-refractivity contribution in [2.75, 3.05) is 26.4 Å². The van der Waals surface area contributed by atoms with E-state index in [0.717, 1.165) is 39.0 Å². The molecule has 2 fully saturated rings. The zero-order chi connectivity index (χ0) is 15.9. The van der Waals surface area contributed by atoms with Crippen LogP contribution in [0.15, 0.2) is 30.3 Å². The van der Waals surface area contributed by atoms with E-state index in [-0.39, 0.29) is 18.9 Å². The summed E-state index contributed by atoms with van der Waals surface area (Å²) in [7, 11) is 0. The highest BCUT2D eigenvalue weighted by atomic mass is 16.7. The first-order valence-corrected chi connectivity index (χ1v) is 9.03. The number of likely N-dealkylation sites (tertiary alicyclic amines) is 1. The average molecular weight is 319 g/mol. The molecule has 0 bridgehead atoms. The molecule has 0 aliphatic carbocycles. The monoisotopic (exact) mass is 319 g/mol. The molecular formula is C19H29NO3. The molecule has 0 spiro atoms. The molecule has 0 aromatic heterocycles. The zero-order valence-corrected chi connectivity index (χ0v) is 13.9. The topological polar surface area (TPSA) is 41.9 Å². The van der Waals surface area contributed by atoms with E-state index in [1.165, 1.54) is 24.8 Å². The minimum absolute atomic E-state index is 0.0307. The number of nitrogens with zero attached hydrogens (tertiary/aromatic N) is 1.